The van der Waals surface area contributed by atoms with Crippen LogP contribution in [0.3, 0.4) is 0 Å². The molecule has 0 heterocycles. The van der Waals surface area contributed by atoms with E-state index in [2.05, 4.69) is 13.8 Å². The van der Waals surface area contributed by atoms with Crippen LogP contribution in [0, 0.1) is 43.6 Å². The largest absolute Gasteiger partial charge is 4.00 e. The van der Waals surface area contributed by atoms with E-state index in [-0.39, 0.29) is 82.1 Å². The molecule has 0 rings (SSSR count). The Morgan fingerprint density at radius 3 is 0.600 bits per heavy atom. The molecule has 0 aromatic rings. The molecule has 0 aromatic carbocycles. The molecule has 0 saturated carbocycles. The maximum Gasteiger partial charge on any atom is 4.00 e. The third kappa shape index (κ3) is 241. The van der Waals surface area contributed by atoms with E-state index in [1.807, 2.05) is 0 Å². The Hall–Kier alpha value is 1.77. The molecular weight excluding hydrogens is 279 g/mol. The van der Waals surface area contributed by atoms with Crippen molar-refractivity contribution in [3.05, 3.63) is 43.6 Å². The third-order valence-corrected chi connectivity index (χ3v) is 0. The van der Waals surface area contributed by atoms with Crippen molar-refractivity contribution in [1.82, 2.24) is 0 Å². The first-order valence-electron chi connectivity index (χ1n) is 1.41. The smallest absolute Gasteiger partial charge is 0.358 e. The van der Waals surface area contributed by atoms with Crippen LogP contribution in [0.25, 0.3) is 0 Å². The van der Waals surface area contributed by atoms with Gasteiger partial charge in [0.05, 0.1) is 0 Å². The van der Waals surface area contributed by atoms with Gasteiger partial charge in [0, 0.05) is 0 Å². The zero-order chi connectivity index (χ0) is 4.00. The fourth-order valence-electron chi connectivity index (χ4n) is 0. The number of hydrogen-bond acceptors (Lipinski definition) is 0. The van der Waals surface area contributed by atoms with Gasteiger partial charge in [0.2, 0.25) is 0 Å². The number of hydrogen-bond donors (Lipinski definition) is 0. The Kier molecular flexibility index (Phi) is 3160. The molecule has 0 bridgehead atoms. The van der Waals surface area contributed by atoms with Crippen molar-refractivity contribution in [2.45, 2.75) is 13.8 Å². The summed E-state index contributed by atoms with van der Waals surface area (Å²) in [6.45, 7) is 10.0. The van der Waals surface area contributed by atoms with Crippen LogP contribution in [0.15, 0.2) is 0 Å². The molecule has 0 radical (unpaired) electrons. The van der Waals surface area contributed by atoms with Crippen molar-refractivity contribution in [2.75, 3.05) is 0 Å². The zero-order valence-electron chi connectivity index (χ0n) is 8.41. The normalized spacial score (nSPS) is 1.20. The quantitative estimate of drug-likeness (QED) is 0.601. The molecule has 0 unspecified atom stereocenters. The molecule has 0 saturated heterocycles. The predicted octanol–water partition coefficient (Wildman–Crippen LogP) is 3.48. The maximum absolute atomic E-state index is 3.25. The van der Waals surface area contributed by atoms with Gasteiger partial charge in [-0.05, 0) is 0 Å². The minimum absolute atomic E-state index is 0. The van der Waals surface area contributed by atoms with Crippen molar-refractivity contribution in [3.63, 3.8) is 0 Å². The van der Waals surface area contributed by atoms with E-state index in [1.165, 1.54) is 0 Å². The Morgan fingerprint density at radius 2 is 0.600 bits per heavy atom. The minimum Gasteiger partial charge on any atom is -0.358 e. The second-order valence-corrected chi connectivity index (χ2v) is 0. The van der Waals surface area contributed by atoms with Gasteiger partial charge in [-0.1, -0.05) is 0 Å². The standard InChI is InChI=1S/2C2H5.4CH3.2Zr/c2*1-2;;;;;;/h2*1H2,2H3;4*1H3;;/q6*-1;+2;+4. The molecule has 0 spiro atoms. The monoisotopic (exact) mass is 298 g/mol. The van der Waals surface area contributed by atoms with Gasteiger partial charge in [-0.2, -0.15) is 13.8 Å². The first-order chi connectivity index (χ1) is 2.00. The Balaban J connectivity index is -0.000000000833. The molecule has 10 heavy (non-hydrogen) atoms. The van der Waals surface area contributed by atoms with Gasteiger partial charge in [-0.15, -0.1) is 0 Å². The van der Waals surface area contributed by atoms with Gasteiger partial charge in [0.15, 0.2) is 0 Å². The summed E-state index contributed by atoms with van der Waals surface area (Å²) in [4.78, 5) is 0. The molecule has 0 N–H and O–H groups in total. The summed E-state index contributed by atoms with van der Waals surface area (Å²) in [5, 5.41) is 0. The van der Waals surface area contributed by atoms with Crippen LogP contribution in [0.2, 0.25) is 0 Å². The summed E-state index contributed by atoms with van der Waals surface area (Å²) in [7, 11) is 0. The topological polar surface area (TPSA) is 0 Å². The molecule has 0 fully saturated rings. The zero-order valence-corrected chi connectivity index (χ0v) is 13.3. The summed E-state index contributed by atoms with van der Waals surface area (Å²) in [6.07, 6.45) is 0. The molecule has 0 amide bonds. The molecule has 0 atom stereocenters. The summed E-state index contributed by atoms with van der Waals surface area (Å²) in [6, 6.07) is 0. The van der Waals surface area contributed by atoms with Crippen molar-refractivity contribution >= 4 is 0 Å². The molecule has 62 valence electrons. The summed E-state index contributed by atoms with van der Waals surface area (Å²) < 4.78 is 0. The molecule has 0 aliphatic rings. The van der Waals surface area contributed by atoms with E-state index < -0.39 is 0 Å². The van der Waals surface area contributed by atoms with Crippen LogP contribution in [-0.2, 0) is 52.4 Å². The molecular formula is C8H22Zr2. The van der Waals surface area contributed by atoms with Crippen molar-refractivity contribution in [2.24, 2.45) is 0 Å². The summed E-state index contributed by atoms with van der Waals surface area (Å²) >= 11 is 0. The average molecular weight is 301 g/mol. The molecule has 0 nitrogen and oxygen atoms in total. The van der Waals surface area contributed by atoms with Crippen LogP contribution in [0.4, 0.5) is 0 Å². The van der Waals surface area contributed by atoms with Crippen molar-refractivity contribution < 1.29 is 52.4 Å². The Bertz CT molecular complexity index is 7.22. The van der Waals surface area contributed by atoms with E-state index in [0.717, 1.165) is 0 Å². The van der Waals surface area contributed by atoms with E-state index in [4.69, 9.17) is 0 Å². The average Bonchev–Trinajstić information content (AvgIpc) is 1.50. The van der Waals surface area contributed by atoms with E-state index >= 15 is 0 Å². The SMILES string of the molecule is [CH2-]C.[CH2-]C.[CH3-].[CH3-].[CH3-].[CH3-].[Zr+2].[Zr+4]. The predicted molar refractivity (Wildman–Crippen MR) is 47.7 cm³/mol. The van der Waals surface area contributed by atoms with Gasteiger partial charge in [0.1, 0.15) is 0 Å². The Labute approximate surface area is 109 Å². The van der Waals surface area contributed by atoms with E-state index in [0.29, 0.717) is 0 Å². The molecule has 2 heteroatoms. The summed E-state index contributed by atoms with van der Waals surface area (Å²) in [5.41, 5.74) is 0. The fraction of sp³-hybridized carbons (Fsp3) is 0.250. The number of rotatable bonds is 0. The van der Waals surface area contributed by atoms with Crippen LogP contribution in [0.5, 0.6) is 0 Å². The molecule has 0 aliphatic carbocycles. The van der Waals surface area contributed by atoms with E-state index in [1.54, 1.807) is 13.8 Å². The van der Waals surface area contributed by atoms with Gasteiger partial charge < -0.3 is 43.6 Å². The maximum atomic E-state index is 3.25. The van der Waals surface area contributed by atoms with Crippen LogP contribution < -0.4 is 0 Å². The first kappa shape index (κ1) is 96.2. The van der Waals surface area contributed by atoms with Gasteiger partial charge >= 0.3 is 52.4 Å². The van der Waals surface area contributed by atoms with Crippen molar-refractivity contribution in [3.8, 4) is 0 Å². The van der Waals surface area contributed by atoms with Crippen LogP contribution >= 0.6 is 0 Å². The Morgan fingerprint density at radius 1 is 0.600 bits per heavy atom. The van der Waals surface area contributed by atoms with Crippen LogP contribution in [-0.4, -0.2) is 0 Å². The first-order valence-corrected chi connectivity index (χ1v) is 1.41. The summed E-state index contributed by atoms with van der Waals surface area (Å²) in [5.74, 6) is 0. The molecule has 0 aromatic heterocycles. The second kappa shape index (κ2) is 329. The minimum atomic E-state index is 0. The second-order valence-electron chi connectivity index (χ2n) is 0. The van der Waals surface area contributed by atoms with Crippen LogP contribution in [0.1, 0.15) is 13.8 Å². The fourth-order valence-corrected chi connectivity index (χ4v) is 0. The van der Waals surface area contributed by atoms with Crippen molar-refractivity contribution in [1.29, 1.82) is 0 Å². The molecule has 0 aliphatic heterocycles. The van der Waals surface area contributed by atoms with Gasteiger partial charge in [-0.25, -0.2) is 0 Å². The third-order valence-electron chi connectivity index (χ3n) is 0. The van der Waals surface area contributed by atoms with Gasteiger partial charge in [-0.3, -0.25) is 0 Å². The van der Waals surface area contributed by atoms with E-state index in [9.17, 15) is 0 Å². The van der Waals surface area contributed by atoms with Gasteiger partial charge in [0.25, 0.3) is 0 Å².